The van der Waals surface area contributed by atoms with Crippen LogP contribution in [0.1, 0.15) is 28.8 Å². The largest absolute Gasteiger partial charge is 0.545 e. The van der Waals surface area contributed by atoms with Gasteiger partial charge < -0.3 is 9.90 Å². The number of carboxylic acids is 1. The summed E-state index contributed by atoms with van der Waals surface area (Å²) in [6.07, 6.45) is 0.534. The van der Waals surface area contributed by atoms with Crippen LogP contribution in [0.3, 0.4) is 0 Å². The van der Waals surface area contributed by atoms with E-state index in [1.165, 1.54) is 0 Å². The van der Waals surface area contributed by atoms with Gasteiger partial charge in [0.15, 0.2) is 0 Å². The number of carbonyl (C=O) groups excluding carboxylic acids is 1. The SMILES string of the molecule is CCc1nc(C)nc(-c2ccccc2)c1C(=O)[O-]. The molecule has 0 fully saturated rings. The van der Waals surface area contributed by atoms with E-state index in [2.05, 4.69) is 9.97 Å². The number of rotatable bonds is 3. The first-order valence-corrected chi connectivity index (χ1v) is 5.77. The molecule has 0 radical (unpaired) electrons. The Labute approximate surface area is 105 Å². The van der Waals surface area contributed by atoms with Crippen LogP contribution in [0.15, 0.2) is 30.3 Å². The minimum absolute atomic E-state index is 0.0919. The fourth-order valence-electron chi connectivity index (χ4n) is 1.91. The first-order valence-electron chi connectivity index (χ1n) is 5.77. The van der Waals surface area contributed by atoms with Crippen molar-refractivity contribution >= 4 is 5.97 Å². The maximum atomic E-state index is 11.3. The Bertz CT molecular complexity index is 580. The summed E-state index contributed by atoms with van der Waals surface area (Å²) in [7, 11) is 0. The molecule has 0 bridgehead atoms. The van der Waals surface area contributed by atoms with Crippen molar-refractivity contribution < 1.29 is 9.90 Å². The van der Waals surface area contributed by atoms with Crippen molar-refractivity contribution in [3.63, 3.8) is 0 Å². The standard InChI is InChI=1S/C14H14N2O2/c1-3-11-12(14(17)18)13(16-9(2)15-11)10-7-5-4-6-8-10/h4-8H,3H2,1-2H3,(H,17,18)/p-1. The van der Waals surface area contributed by atoms with Crippen molar-refractivity contribution in [2.75, 3.05) is 0 Å². The Kier molecular flexibility index (Phi) is 3.37. The van der Waals surface area contributed by atoms with Gasteiger partial charge in [0, 0.05) is 11.1 Å². The Balaban J connectivity index is 2.73. The van der Waals surface area contributed by atoms with E-state index in [4.69, 9.17) is 0 Å². The zero-order valence-electron chi connectivity index (χ0n) is 10.3. The molecule has 0 aliphatic carbocycles. The van der Waals surface area contributed by atoms with E-state index in [-0.39, 0.29) is 5.56 Å². The van der Waals surface area contributed by atoms with Gasteiger partial charge in [0.1, 0.15) is 5.82 Å². The van der Waals surface area contributed by atoms with Crippen LogP contribution in [0.4, 0.5) is 0 Å². The molecule has 4 nitrogen and oxygen atoms in total. The van der Waals surface area contributed by atoms with Gasteiger partial charge >= 0.3 is 0 Å². The van der Waals surface area contributed by atoms with Crippen LogP contribution in [-0.2, 0) is 6.42 Å². The molecule has 0 unspecified atom stereocenters. The molecule has 18 heavy (non-hydrogen) atoms. The molecule has 1 aromatic heterocycles. The highest BCUT2D eigenvalue weighted by molar-refractivity contribution is 5.94. The summed E-state index contributed by atoms with van der Waals surface area (Å²) in [5.74, 6) is -0.665. The number of aromatic nitrogens is 2. The maximum absolute atomic E-state index is 11.3. The number of carbonyl (C=O) groups is 1. The lowest BCUT2D eigenvalue weighted by Gasteiger charge is -2.14. The predicted molar refractivity (Wildman–Crippen MR) is 65.9 cm³/mol. The van der Waals surface area contributed by atoms with E-state index < -0.39 is 5.97 Å². The van der Waals surface area contributed by atoms with Crippen molar-refractivity contribution in [3.8, 4) is 11.3 Å². The van der Waals surface area contributed by atoms with Gasteiger partial charge in [-0.1, -0.05) is 37.3 Å². The predicted octanol–water partition coefficient (Wildman–Crippen LogP) is 1.38. The molecule has 2 aromatic rings. The van der Waals surface area contributed by atoms with Crippen molar-refractivity contribution in [2.45, 2.75) is 20.3 Å². The van der Waals surface area contributed by atoms with E-state index in [9.17, 15) is 9.90 Å². The third-order valence-corrected chi connectivity index (χ3v) is 2.68. The second-order valence-corrected chi connectivity index (χ2v) is 3.95. The van der Waals surface area contributed by atoms with Crippen LogP contribution in [0.5, 0.6) is 0 Å². The molecule has 2 rings (SSSR count). The van der Waals surface area contributed by atoms with Gasteiger partial charge in [-0.15, -0.1) is 0 Å². The number of nitrogens with zero attached hydrogens (tertiary/aromatic N) is 2. The molecule has 4 heteroatoms. The molecule has 0 saturated carbocycles. The van der Waals surface area contributed by atoms with E-state index >= 15 is 0 Å². The molecule has 0 aliphatic heterocycles. The first kappa shape index (κ1) is 12.2. The summed E-state index contributed by atoms with van der Waals surface area (Å²) in [4.78, 5) is 19.7. The monoisotopic (exact) mass is 241 g/mol. The fraction of sp³-hybridized carbons (Fsp3) is 0.214. The van der Waals surface area contributed by atoms with Crippen LogP contribution < -0.4 is 5.11 Å². The minimum Gasteiger partial charge on any atom is -0.545 e. The number of carboxylic acid groups (broad SMARTS) is 1. The quantitative estimate of drug-likeness (QED) is 0.814. The first-order chi connectivity index (χ1) is 8.63. The lowest BCUT2D eigenvalue weighted by atomic mass is 10.0. The summed E-state index contributed by atoms with van der Waals surface area (Å²) in [6, 6.07) is 9.22. The zero-order valence-corrected chi connectivity index (χ0v) is 10.3. The van der Waals surface area contributed by atoms with E-state index in [1.807, 2.05) is 37.3 Å². The molecule has 0 aliphatic rings. The Hall–Kier alpha value is -2.23. The Morgan fingerprint density at radius 2 is 1.89 bits per heavy atom. The van der Waals surface area contributed by atoms with Gasteiger partial charge in [0.25, 0.3) is 0 Å². The van der Waals surface area contributed by atoms with Gasteiger partial charge in [-0.2, -0.15) is 0 Å². The van der Waals surface area contributed by atoms with Crippen molar-refractivity contribution in [1.29, 1.82) is 0 Å². The van der Waals surface area contributed by atoms with E-state index in [0.717, 1.165) is 5.56 Å². The molecule has 0 spiro atoms. The molecule has 1 heterocycles. The van der Waals surface area contributed by atoms with Gasteiger partial charge in [-0.25, -0.2) is 9.97 Å². The normalized spacial score (nSPS) is 10.3. The summed E-state index contributed by atoms with van der Waals surface area (Å²) in [5.41, 5.74) is 1.80. The lowest BCUT2D eigenvalue weighted by molar-refractivity contribution is -0.255. The number of hydrogen-bond donors (Lipinski definition) is 0. The highest BCUT2D eigenvalue weighted by atomic mass is 16.4. The summed E-state index contributed by atoms with van der Waals surface area (Å²) >= 11 is 0. The fourth-order valence-corrected chi connectivity index (χ4v) is 1.91. The summed E-state index contributed by atoms with van der Waals surface area (Å²) in [6.45, 7) is 3.62. The maximum Gasteiger partial charge on any atom is 0.126 e. The average molecular weight is 241 g/mol. The number of benzene rings is 1. The Morgan fingerprint density at radius 3 is 2.44 bits per heavy atom. The molecule has 92 valence electrons. The second-order valence-electron chi connectivity index (χ2n) is 3.95. The van der Waals surface area contributed by atoms with Crippen LogP contribution in [0.25, 0.3) is 11.3 Å². The van der Waals surface area contributed by atoms with Crippen LogP contribution >= 0.6 is 0 Å². The number of hydrogen-bond acceptors (Lipinski definition) is 4. The average Bonchev–Trinajstić information content (AvgIpc) is 2.38. The Morgan fingerprint density at radius 1 is 1.22 bits per heavy atom. The van der Waals surface area contributed by atoms with Gasteiger partial charge in [-0.3, -0.25) is 0 Å². The molecule has 0 N–H and O–H groups in total. The number of aryl methyl sites for hydroxylation is 2. The molecular weight excluding hydrogens is 228 g/mol. The summed E-state index contributed by atoms with van der Waals surface area (Å²) in [5, 5.41) is 11.3. The smallest absolute Gasteiger partial charge is 0.126 e. The number of aromatic carboxylic acids is 1. The van der Waals surface area contributed by atoms with Gasteiger partial charge in [-0.05, 0) is 13.3 Å². The van der Waals surface area contributed by atoms with Crippen LogP contribution in [0, 0.1) is 6.92 Å². The summed E-state index contributed by atoms with van der Waals surface area (Å²) < 4.78 is 0. The lowest BCUT2D eigenvalue weighted by Crippen LogP contribution is -2.26. The van der Waals surface area contributed by atoms with Crippen molar-refractivity contribution in [3.05, 3.63) is 47.4 Å². The van der Waals surface area contributed by atoms with E-state index in [1.54, 1.807) is 6.92 Å². The third-order valence-electron chi connectivity index (χ3n) is 2.68. The molecular formula is C14H13N2O2-. The molecule has 0 atom stereocenters. The van der Waals surface area contributed by atoms with Gasteiger partial charge in [0.2, 0.25) is 0 Å². The van der Waals surface area contributed by atoms with Crippen LogP contribution in [-0.4, -0.2) is 15.9 Å². The molecule has 0 amide bonds. The molecule has 1 aromatic carbocycles. The minimum atomic E-state index is -1.23. The van der Waals surface area contributed by atoms with Gasteiger partial charge in [0.05, 0.1) is 17.4 Å². The topological polar surface area (TPSA) is 65.9 Å². The second kappa shape index (κ2) is 4.96. The highest BCUT2D eigenvalue weighted by Crippen LogP contribution is 2.23. The zero-order chi connectivity index (χ0) is 13.1. The third kappa shape index (κ3) is 2.22. The molecule has 0 saturated heterocycles. The van der Waals surface area contributed by atoms with Crippen molar-refractivity contribution in [2.24, 2.45) is 0 Å². The van der Waals surface area contributed by atoms with Crippen LogP contribution in [0.2, 0.25) is 0 Å². The highest BCUT2D eigenvalue weighted by Gasteiger charge is 2.14. The van der Waals surface area contributed by atoms with E-state index in [0.29, 0.717) is 23.6 Å². The van der Waals surface area contributed by atoms with Crippen molar-refractivity contribution in [1.82, 2.24) is 9.97 Å².